The molecule has 4 heteroatoms. The summed E-state index contributed by atoms with van der Waals surface area (Å²) in [7, 11) is 0. The van der Waals surface area contributed by atoms with Crippen molar-refractivity contribution in [2.75, 3.05) is 13.2 Å². The van der Waals surface area contributed by atoms with E-state index < -0.39 is 0 Å². The molecule has 2 aromatic rings. The molecule has 0 saturated heterocycles. The molecule has 0 fully saturated rings. The van der Waals surface area contributed by atoms with Crippen LogP contribution in [0.25, 0.3) is 0 Å². The zero-order chi connectivity index (χ0) is 15.1. The van der Waals surface area contributed by atoms with Crippen LogP contribution in [0.3, 0.4) is 0 Å². The van der Waals surface area contributed by atoms with E-state index in [1.807, 2.05) is 6.07 Å². The summed E-state index contributed by atoms with van der Waals surface area (Å²) >= 11 is 0. The summed E-state index contributed by atoms with van der Waals surface area (Å²) in [5.74, 6) is 1.20. The molecular weight excluding hydrogens is 268 g/mol. The van der Waals surface area contributed by atoms with Gasteiger partial charge in [-0.25, -0.2) is 0 Å². The van der Waals surface area contributed by atoms with Crippen LogP contribution in [-0.2, 0) is 0 Å². The Morgan fingerprint density at radius 2 is 1.67 bits per heavy atom. The van der Waals surface area contributed by atoms with Gasteiger partial charge in [0, 0.05) is 5.56 Å². The largest absolute Gasteiger partial charge is 0.490 e. The van der Waals surface area contributed by atoms with Gasteiger partial charge in [0.2, 0.25) is 0 Å². The molecule has 4 nitrogen and oxygen atoms in total. The molecule has 0 aliphatic heterocycles. The van der Waals surface area contributed by atoms with Crippen LogP contribution in [0.4, 0.5) is 0 Å². The van der Waals surface area contributed by atoms with Gasteiger partial charge in [0.05, 0.1) is 5.56 Å². The molecule has 0 radical (unpaired) electrons. The number of rotatable bonds is 7. The van der Waals surface area contributed by atoms with Crippen molar-refractivity contribution in [2.24, 2.45) is 0 Å². The Kier molecular flexibility index (Phi) is 5.10. The summed E-state index contributed by atoms with van der Waals surface area (Å²) in [6.07, 6.45) is 0.783. The third-order valence-electron chi connectivity index (χ3n) is 2.89. The number of ketones is 1. The lowest BCUT2D eigenvalue weighted by Gasteiger charge is -2.10. The van der Waals surface area contributed by atoms with Crippen molar-refractivity contribution in [1.29, 1.82) is 0 Å². The smallest absolute Gasteiger partial charge is 0.163 e. The molecule has 0 amide bonds. The number of ether oxygens (including phenoxy) is 2. The molecular formula is C17H16O4. The van der Waals surface area contributed by atoms with E-state index in [1.54, 1.807) is 42.5 Å². The predicted molar refractivity (Wildman–Crippen MR) is 79.3 cm³/mol. The van der Waals surface area contributed by atoms with E-state index in [1.165, 1.54) is 6.92 Å². The summed E-state index contributed by atoms with van der Waals surface area (Å²) in [6, 6.07) is 13.9. The second kappa shape index (κ2) is 7.24. The number of benzene rings is 2. The lowest BCUT2D eigenvalue weighted by molar-refractivity contribution is 0.101. The van der Waals surface area contributed by atoms with Crippen molar-refractivity contribution < 1.29 is 19.1 Å². The lowest BCUT2D eigenvalue weighted by Crippen LogP contribution is -2.10. The molecule has 0 unspecified atom stereocenters. The maximum Gasteiger partial charge on any atom is 0.163 e. The summed E-state index contributed by atoms with van der Waals surface area (Å²) in [5.41, 5.74) is 1.17. The number of carbonyl (C=O) groups is 2. The predicted octanol–water partition coefficient (Wildman–Crippen LogP) is 3.16. The van der Waals surface area contributed by atoms with Crippen LogP contribution in [0.2, 0.25) is 0 Å². The van der Waals surface area contributed by atoms with Crippen LogP contribution in [0.15, 0.2) is 48.5 Å². The minimum atomic E-state index is -0.0315. The Morgan fingerprint density at radius 3 is 2.33 bits per heavy atom. The van der Waals surface area contributed by atoms with E-state index in [4.69, 9.17) is 9.47 Å². The maximum absolute atomic E-state index is 11.4. The molecule has 0 saturated carbocycles. The third-order valence-corrected chi connectivity index (χ3v) is 2.89. The van der Waals surface area contributed by atoms with Crippen molar-refractivity contribution in [2.45, 2.75) is 6.92 Å². The fourth-order valence-corrected chi connectivity index (χ4v) is 1.84. The molecule has 21 heavy (non-hydrogen) atoms. The van der Waals surface area contributed by atoms with Crippen LogP contribution >= 0.6 is 0 Å². The summed E-state index contributed by atoms with van der Waals surface area (Å²) in [6.45, 7) is 2.19. The van der Waals surface area contributed by atoms with Gasteiger partial charge in [-0.2, -0.15) is 0 Å². The summed E-state index contributed by atoms with van der Waals surface area (Å²) in [5, 5.41) is 0. The van der Waals surface area contributed by atoms with Gasteiger partial charge < -0.3 is 9.47 Å². The molecule has 0 aromatic heterocycles. The monoisotopic (exact) mass is 284 g/mol. The zero-order valence-corrected chi connectivity index (χ0v) is 11.7. The molecule has 0 aliphatic carbocycles. The molecule has 2 aromatic carbocycles. The first-order valence-corrected chi connectivity index (χ1v) is 6.61. The van der Waals surface area contributed by atoms with Crippen LogP contribution in [-0.4, -0.2) is 25.3 Å². The SMILES string of the molecule is CC(=O)c1ccccc1OCCOc1ccc(C=O)cc1. The number of Topliss-reactive ketones (excluding diaryl/α,β-unsaturated/α-hetero) is 1. The summed E-state index contributed by atoms with van der Waals surface area (Å²) < 4.78 is 11.1. The van der Waals surface area contributed by atoms with E-state index in [2.05, 4.69) is 0 Å². The van der Waals surface area contributed by atoms with Crippen LogP contribution in [0.5, 0.6) is 11.5 Å². The molecule has 0 N–H and O–H groups in total. The van der Waals surface area contributed by atoms with Crippen LogP contribution in [0.1, 0.15) is 27.6 Å². The van der Waals surface area contributed by atoms with Crippen molar-refractivity contribution >= 4 is 12.1 Å². The fraction of sp³-hybridized carbons (Fsp3) is 0.176. The maximum atomic E-state index is 11.4. The number of aldehydes is 1. The van der Waals surface area contributed by atoms with Crippen molar-refractivity contribution in [1.82, 2.24) is 0 Å². The first-order chi connectivity index (χ1) is 10.2. The lowest BCUT2D eigenvalue weighted by atomic mass is 10.1. The van der Waals surface area contributed by atoms with Gasteiger partial charge in [-0.1, -0.05) is 12.1 Å². The number of carbonyl (C=O) groups excluding carboxylic acids is 2. The molecule has 2 rings (SSSR count). The molecule has 0 atom stereocenters. The van der Waals surface area contributed by atoms with Gasteiger partial charge in [-0.15, -0.1) is 0 Å². The number of hydrogen-bond donors (Lipinski definition) is 0. The Morgan fingerprint density at radius 1 is 1.00 bits per heavy atom. The van der Waals surface area contributed by atoms with Crippen molar-refractivity contribution in [3.8, 4) is 11.5 Å². The molecule has 0 aliphatic rings. The third kappa shape index (κ3) is 4.18. The van der Waals surface area contributed by atoms with Gasteiger partial charge >= 0.3 is 0 Å². The van der Waals surface area contributed by atoms with E-state index >= 15 is 0 Å². The highest BCUT2D eigenvalue weighted by Gasteiger charge is 2.06. The van der Waals surface area contributed by atoms with Gasteiger partial charge in [-0.05, 0) is 43.3 Å². The highest BCUT2D eigenvalue weighted by atomic mass is 16.5. The average Bonchev–Trinajstić information content (AvgIpc) is 2.52. The normalized spacial score (nSPS) is 9.95. The fourth-order valence-electron chi connectivity index (χ4n) is 1.84. The highest BCUT2D eigenvalue weighted by molar-refractivity contribution is 5.96. The van der Waals surface area contributed by atoms with Gasteiger partial charge in [0.25, 0.3) is 0 Å². The number of para-hydroxylation sites is 1. The quantitative estimate of drug-likeness (QED) is 0.445. The van der Waals surface area contributed by atoms with Crippen LogP contribution in [0, 0.1) is 0 Å². The number of hydrogen-bond acceptors (Lipinski definition) is 4. The molecule has 0 heterocycles. The molecule has 0 spiro atoms. The summed E-state index contributed by atoms with van der Waals surface area (Å²) in [4.78, 5) is 22.0. The minimum absolute atomic E-state index is 0.0315. The first-order valence-electron chi connectivity index (χ1n) is 6.61. The first kappa shape index (κ1) is 14.8. The van der Waals surface area contributed by atoms with E-state index in [9.17, 15) is 9.59 Å². The Hall–Kier alpha value is -2.62. The van der Waals surface area contributed by atoms with Gasteiger partial charge in [0.15, 0.2) is 5.78 Å². The van der Waals surface area contributed by atoms with Crippen LogP contribution < -0.4 is 9.47 Å². The van der Waals surface area contributed by atoms with Crippen molar-refractivity contribution in [3.63, 3.8) is 0 Å². The second-order valence-electron chi connectivity index (χ2n) is 4.44. The van der Waals surface area contributed by atoms with E-state index in [0.29, 0.717) is 35.8 Å². The Bertz CT molecular complexity index is 617. The minimum Gasteiger partial charge on any atom is -0.490 e. The average molecular weight is 284 g/mol. The zero-order valence-electron chi connectivity index (χ0n) is 11.7. The van der Waals surface area contributed by atoms with Gasteiger partial charge in [-0.3, -0.25) is 9.59 Å². The molecule has 0 bridgehead atoms. The Balaban J connectivity index is 1.84. The second-order valence-corrected chi connectivity index (χ2v) is 4.44. The highest BCUT2D eigenvalue weighted by Crippen LogP contribution is 2.18. The topological polar surface area (TPSA) is 52.6 Å². The standard InChI is InChI=1S/C17H16O4/c1-13(19)16-4-2-3-5-17(16)21-11-10-20-15-8-6-14(12-18)7-9-15/h2-9,12H,10-11H2,1H3. The van der Waals surface area contributed by atoms with Gasteiger partial charge in [0.1, 0.15) is 31.0 Å². The van der Waals surface area contributed by atoms with Crippen molar-refractivity contribution in [3.05, 3.63) is 59.7 Å². The van der Waals surface area contributed by atoms with E-state index in [-0.39, 0.29) is 5.78 Å². The van der Waals surface area contributed by atoms with E-state index in [0.717, 1.165) is 6.29 Å². The Labute approximate surface area is 123 Å². The molecule has 108 valence electrons.